The summed E-state index contributed by atoms with van der Waals surface area (Å²) >= 11 is 5.85. The summed E-state index contributed by atoms with van der Waals surface area (Å²) in [5.41, 5.74) is 5.23. The fourth-order valence-corrected chi connectivity index (χ4v) is 1.40. The van der Waals surface area contributed by atoms with Crippen molar-refractivity contribution in [2.45, 2.75) is 6.92 Å². The number of nitrogens with two attached hydrogens (primary N) is 1. The molecule has 0 bridgehead atoms. The van der Waals surface area contributed by atoms with Crippen LogP contribution in [0.15, 0.2) is 29.4 Å². The molecule has 78 valence electrons. The number of benzene rings is 1. The molecule has 0 unspecified atom stereocenters. The molecule has 0 saturated carbocycles. The molecule has 1 heterocycles. The Bertz CT molecular complexity index is 432. The lowest BCUT2D eigenvalue weighted by Crippen LogP contribution is -2.89. The van der Waals surface area contributed by atoms with Crippen molar-refractivity contribution in [3.8, 4) is 0 Å². The number of anilines is 1. The van der Waals surface area contributed by atoms with Crippen LogP contribution in [0.2, 0.25) is 5.02 Å². The van der Waals surface area contributed by atoms with Crippen LogP contribution in [0.5, 0.6) is 0 Å². The summed E-state index contributed by atoms with van der Waals surface area (Å²) in [6, 6.07) is 7.27. The van der Waals surface area contributed by atoms with Crippen LogP contribution in [0.4, 0.5) is 5.69 Å². The number of hydrogen-bond acceptors (Lipinski definition) is 4. The molecule has 1 aliphatic rings. The lowest BCUT2D eigenvalue weighted by atomic mass is 10.3. The highest BCUT2D eigenvalue weighted by Gasteiger charge is 2.22. The maximum Gasteiger partial charge on any atom is 0.250 e. The summed E-state index contributed by atoms with van der Waals surface area (Å²) in [7, 11) is 0. The molecule has 0 radical (unpaired) electrons. The zero-order valence-corrected chi connectivity index (χ0v) is 8.82. The van der Waals surface area contributed by atoms with E-state index in [-0.39, 0.29) is 5.78 Å². The van der Waals surface area contributed by atoms with Crippen LogP contribution in [0.25, 0.3) is 0 Å². The highest BCUT2D eigenvalue weighted by atomic mass is 35.5. The second kappa shape index (κ2) is 3.88. The number of ketones is 1. The van der Waals surface area contributed by atoms with Gasteiger partial charge in [-0.1, -0.05) is 17.7 Å². The van der Waals surface area contributed by atoms with E-state index >= 15 is 0 Å². The number of quaternary nitrogens is 1. The average molecular weight is 226 g/mol. The fourth-order valence-electron chi connectivity index (χ4n) is 1.21. The summed E-state index contributed by atoms with van der Waals surface area (Å²) in [4.78, 5) is 11.0. The molecule has 0 aromatic heterocycles. The molecule has 3 N–H and O–H groups in total. The summed E-state index contributed by atoms with van der Waals surface area (Å²) in [5.74, 6) is 0.228. The second-order valence-corrected chi connectivity index (χ2v) is 3.55. The molecular weight excluding hydrogens is 216 g/mol. The normalized spacial score (nSPS) is 14.8. The van der Waals surface area contributed by atoms with Crippen molar-refractivity contribution in [2.24, 2.45) is 5.10 Å². The van der Waals surface area contributed by atoms with E-state index in [0.29, 0.717) is 10.9 Å². The zero-order chi connectivity index (χ0) is 10.8. The van der Waals surface area contributed by atoms with Gasteiger partial charge in [-0.25, -0.2) is 5.43 Å². The SMILES string of the molecule is CC(=O)C1=N[NH2+]N(c2cccc(Cl)c2)N1. The van der Waals surface area contributed by atoms with Gasteiger partial charge in [-0.2, -0.15) is 0 Å². The molecule has 0 saturated heterocycles. The van der Waals surface area contributed by atoms with E-state index < -0.39 is 0 Å². The van der Waals surface area contributed by atoms with E-state index in [1.807, 2.05) is 12.1 Å². The molecule has 0 amide bonds. The molecule has 15 heavy (non-hydrogen) atoms. The summed E-state index contributed by atoms with van der Waals surface area (Å²) < 4.78 is 0. The number of carbonyl (C=O) groups is 1. The minimum atomic E-state index is -0.101. The maximum absolute atomic E-state index is 11.0. The van der Waals surface area contributed by atoms with Crippen molar-refractivity contribution in [1.82, 2.24) is 5.43 Å². The third-order valence-corrected chi connectivity index (χ3v) is 2.18. The monoisotopic (exact) mass is 225 g/mol. The Labute approximate surface area is 91.7 Å². The van der Waals surface area contributed by atoms with Crippen LogP contribution >= 0.6 is 11.6 Å². The Morgan fingerprint density at radius 1 is 1.60 bits per heavy atom. The van der Waals surface area contributed by atoms with Gasteiger partial charge in [0.2, 0.25) is 11.6 Å². The molecule has 1 aromatic rings. The first-order chi connectivity index (χ1) is 7.16. The van der Waals surface area contributed by atoms with Crippen LogP contribution in [0.3, 0.4) is 0 Å². The van der Waals surface area contributed by atoms with Gasteiger partial charge in [-0.05, 0) is 23.3 Å². The quantitative estimate of drug-likeness (QED) is 0.699. The molecule has 0 spiro atoms. The molecule has 2 rings (SSSR count). The van der Waals surface area contributed by atoms with Gasteiger partial charge >= 0.3 is 0 Å². The maximum atomic E-state index is 11.0. The van der Waals surface area contributed by atoms with Gasteiger partial charge in [-0.15, -0.1) is 10.7 Å². The first kappa shape index (κ1) is 9.95. The van der Waals surface area contributed by atoms with E-state index in [0.717, 1.165) is 5.69 Å². The Balaban J connectivity index is 2.13. The second-order valence-electron chi connectivity index (χ2n) is 3.11. The van der Waals surface area contributed by atoms with Crippen molar-refractivity contribution in [3.63, 3.8) is 0 Å². The topological polar surface area (TPSA) is 61.3 Å². The summed E-state index contributed by atoms with van der Waals surface area (Å²) in [5, 5.41) is 6.22. The number of hydrazine groups is 1. The van der Waals surface area contributed by atoms with Gasteiger partial charge in [0.1, 0.15) is 5.69 Å². The van der Waals surface area contributed by atoms with Gasteiger partial charge in [0.15, 0.2) is 0 Å². The Kier molecular flexibility index (Phi) is 2.57. The molecule has 1 aliphatic heterocycles. The van der Waals surface area contributed by atoms with Gasteiger partial charge < -0.3 is 0 Å². The van der Waals surface area contributed by atoms with E-state index in [1.54, 1.807) is 22.8 Å². The summed E-state index contributed by atoms with van der Waals surface area (Å²) in [6.07, 6.45) is 0. The molecule has 0 atom stereocenters. The number of nitrogens with zero attached hydrogens (tertiary/aromatic N) is 2. The molecule has 6 heteroatoms. The van der Waals surface area contributed by atoms with E-state index in [9.17, 15) is 4.79 Å². The first-order valence-electron chi connectivity index (χ1n) is 4.40. The minimum Gasteiger partial charge on any atom is -0.291 e. The molecule has 0 fully saturated rings. The predicted octanol–water partition coefficient (Wildman–Crippen LogP) is 0.0455. The lowest BCUT2D eigenvalue weighted by molar-refractivity contribution is -0.669. The van der Waals surface area contributed by atoms with Crippen LogP contribution in [0, 0.1) is 0 Å². The Morgan fingerprint density at radius 2 is 2.40 bits per heavy atom. The largest absolute Gasteiger partial charge is 0.291 e. The smallest absolute Gasteiger partial charge is 0.250 e. The van der Waals surface area contributed by atoms with Crippen molar-refractivity contribution in [2.75, 3.05) is 5.12 Å². The van der Waals surface area contributed by atoms with Crippen molar-refractivity contribution in [1.29, 1.82) is 0 Å². The van der Waals surface area contributed by atoms with Crippen LogP contribution in [0.1, 0.15) is 6.92 Å². The number of carbonyl (C=O) groups excluding carboxylic acids is 1. The number of halogens is 1. The number of Topliss-reactive ketones (excluding diaryl/α,β-unsaturated/α-hetero) is 1. The zero-order valence-electron chi connectivity index (χ0n) is 8.07. The number of rotatable bonds is 2. The van der Waals surface area contributed by atoms with Gasteiger partial charge in [0.05, 0.1) is 0 Å². The van der Waals surface area contributed by atoms with Gasteiger partial charge in [0.25, 0.3) is 0 Å². The van der Waals surface area contributed by atoms with E-state index in [4.69, 9.17) is 11.6 Å². The molecule has 0 aliphatic carbocycles. The third kappa shape index (κ3) is 2.08. The third-order valence-electron chi connectivity index (χ3n) is 1.95. The standard InChI is InChI=1S/C9H9ClN4O/c1-6(15)9-11-13-14(12-9)8-4-2-3-7(10)5-8/h2-5,13H,1H3,(H,11,12)/p+1. The van der Waals surface area contributed by atoms with Gasteiger partial charge in [-0.3, -0.25) is 4.79 Å². The number of nitrogens with one attached hydrogen (secondary N) is 1. The Hall–Kier alpha value is -1.59. The van der Waals surface area contributed by atoms with Crippen molar-refractivity contribution in [3.05, 3.63) is 29.3 Å². The van der Waals surface area contributed by atoms with Crippen molar-refractivity contribution >= 4 is 28.9 Å². The summed E-state index contributed by atoms with van der Waals surface area (Å²) in [6.45, 7) is 1.46. The van der Waals surface area contributed by atoms with E-state index in [2.05, 4.69) is 10.5 Å². The molecular formula is C9H10ClN4O+. The highest BCUT2D eigenvalue weighted by Crippen LogP contribution is 2.16. The fraction of sp³-hybridized carbons (Fsp3) is 0.111. The van der Waals surface area contributed by atoms with Crippen molar-refractivity contribution < 1.29 is 10.3 Å². The van der Waals surface area contributed by atoms with Crippen LogP contribution < -0.4 is 16.1 Å². The molecule has 1 aromatic carbocycles. The Morgan fingerprint density at radius 3 is 3.00 bits per heavy atom. The van der Waals surface area contributed by atoms with Crippen LogP contribution in [-0.4, -0.2) is 11.6 Å². The first-order valence-corrected chi connectivity index (χ1v) is 4.78. The lowest BCUT2D eigenvalue weighted by Gasteiger charge is -2.12. The van der Waals surface area contributed by atoms with Gasteiger partial charge in [0, 0.05) is 11.9 Å². The number of hydrogen-bond donors (Lipinski definition) is 2. The minimum absolute atomic E-state index is 0.101. The highest BCUT2D eigenvalue weighted by molar-refractivity contribution is 6.38. The average Bonchev–Trinajstić information content (AvgIpc) is 2.66. The molecule has 5 nitrogen and oxygen atoms in total. The predicted molar refractivity (Wildman–Crippen MR) is 57.1 cm³/mol. The number of amidine groups is 1. The van der Waals surface area contributed by atoms with Crippen LogP contribution in [-0.2, 0) is 4.79 Å². The van der Waals surface area contributed by atoms with E-state index in [1.165, 1.54) is 6.92 Å².